The summed E-state index contributed by atoms with van der Waals surface area (Å²) in [5, 5.41) is 16.7. The van der Waals surface area contributed by atoms with E-state index in [1.54, 1.807) is 5.32 Å². The lowest BCUT2D eigenvalue weighted by Gasteiger charge is -1.82. The van der Waals surface area contributed by atoms with Gasteiger partial charge >= 0.3 is 0 Å². The molecule has 82 valence electrons. The van der Waals surface area contributed by atoms with E-state index in [1.807, 2.05) is 30.3 Å². The first-order valence-electron chi connectivity index (χ1n) is 4.74. The Labute approximate surface area is 95.5 Å². The van der Waals surface area contributed by atoms with Crippen LogP contribution in [0.3, 0.4) is 0 Å². The van der Waals surface area contributed by atoms with E-state index >= 15 is 0 Å². The molecule has 0 saturated heterocycles. The van der Waals surface area contributed by atoms with Crippen molar-refractivity contribution >= 4 is 0 Å². The van der Waals surface area contributed by atoms with Crippen LogP contribution in [0.2, 0.25) is 0 Å². The molecule has 1 N–H and O–H groups in total. The zero-order valence-corrected chi connectivity index (χ0v) is 9.44. The maximum Gasteiger partial charge on any atom is 0.244 e. The fraction of sp³-hybridized carbons (Fsp3) is 0.364. The van der Waals surface area contributed by atoms with Gasteiger partial charge in [-0.3, -0.25) is 0 Å². The van der Waals surface area contributed by atoms with E-state index in [9.17, 15) is 0 Å². The standard InChI is InChI=1S/C9H13N2.C2HN3/c1-3-4-5-6-11-8-7-10(2)9-11;3-1-5-2-4/h7-9H,3,6H2,1-2H3;5H/q+1;. The fourth-order valence-corrected chi connectivity index (χ4v) is 0.892. The van der Waals surface area contributed by atoms with E-state index in [1.165, 1.54) is 12.4 Å². The number of nitriles is 2. The topological polar surface area (TPSA) is 68.4 Å². The third-order valence-corrected chi connectivity index (χ3v) is 1.50. The van der Waals surface area contributed by atoms with Crippen LogP contribution in [-0.2, 0) is 13.6 Å². The molecule has 5 heteroatoms. The van der Waals surface area contributed by atoms with Crippen LogP contribution in [0.1, 0.15) is 13.3 Å². The molecule has 0 fully saturated rings. The zero-order valence-electron chi connectivity index (χ0n) is 9.44. The molecule has 1 rings (SSSR count). The van der Waals surface area contributed by atoms with Crippen molar-refractivity contribution in [1.82, 2.24) is 9.88 Å². The van der Waals surface area contributed by atoms with Crippen LogP contribution < -0.4 is 9.88 Å². The Balaban J connectivity index is 0.000000385. The van der Waals surface area contributed by atoms with Crippen molar-refractivity contribution in [3.8, 4) is 24.2 Å². The van der Waals surface area contributed by atoms with Gasteiger partial charge in [0, 0.05) is 6.42 Å². The molecule has 0 amide bonds. The molecule has 0 spiro atoms. The quantitative estimate of drug-likeness (QED) is 0.317. The Morgan fingerprint density at radius 2 is 2.00 bits per heavy atom. The molecule has 0 bridgehead atoms. The van der Waals surface area contributed by atoms with Crippen LogP contribution in [0.15, 0.2) is 18.7 Å². The second-order valence-corrected chi connectivity index (χ2v) is 2.81. The third-order valence-electron chi connectivity index (χ3n) is 1.50. The predicted molar refractivity (Wildman–Crippen MR) is 58.0 cm³/mol. The van der Waals surface area contributed by atoms with Crippen LogP contribution >= 0.6 is 0 Å². The lowest BCUT2D eigenvalue weighted by molar-refractivity contribution is -0.684. The maximum absolute atomic E-state index is 7.48. The van der Waals surface area contributed by atoms with Crippen LogP contribution in [-0.4, -0.2) is 4.57 Å². The van der Waals surface area contributed by atoms with Gasteiger partial charge in [-0.15, -0.1) is 0 Å². The molecule has 1 aromatic rings. The van der Waals surface area contributed by atoms with Crippen molar-refractivity contribution in [2.45, 2.75) is 19.9 Å². The number of hydrogen-bond acceptors (Lipinski definition) is 3. The maximum atomic E-state index is 7.48. The van der Waals surface area contributed by atoms with Gasteiger partial charge in [0.2, 0.25) is 6.33 Å². The average Bonchev–Trinajstić information content (AvgIpc) is 2.67. The summed E-state index contributed by atoms with van der Waals surface area (Å²) in [5.41, 5.74) is 0. The van der Waals surface area contributed by atoms with Crippen molar-refractivity contribution in [3.05, 3.63) is 18.7 Å². The van der Waals surface area contributed by atoms with Gasteiger partial charge in [0.05, 0.1) is 7.05 Å². The molecular weight excluding hydrogens is 202 g/mol. The zero-order chi connectivity index (χ0) is 12.2. The summed E-state index contributed by atoms with van der Waals surface area (Å²) in [7, 11) is 2.00. The second kappa shape index (κ2) is 9.12. The van der Waals surface area contributed by atoms with Gasteiger partial charge < -0.3 is 0 Å². The summed E-state index contributed by atoms with van der Waals surface area (Å²) in [5.74, 6) is 6.09. The molecule has 5 nitrogen and oxygen atoms in total. The minimum Gasteiger partial charge on any atom is -0.240 e. The molecule has 0 aliphatic heterocycles. The number of hydrogen-bond donors (Lipinski definition) is 1. The first kappa shape index (κ1) is 13.5. The molecule has 0 atom stereocenters. The molecule has 0 aliphatic rings. The van der Waals surface area contributed by atoms with E-state index < -0.39 is 0 Å². The van der Waals surface area contributed by atoms with Crippen LogP contribution in [0.5, 0.6) is 0 Å². The Morgan fingerprint density at radius 3 is 2.38 bits per heavy atom. The third kappa shape index (κ3) is 7.00. The summed E-state index contributed by atoms with van der Waals surface area (Å²) in [6, 6.07) is 0. The molecule has 0 aromatic carbocycles. The van der Waals surface area contributed by atoms with Crippen LogP contribution in [0, 0.1) is 34.8 Å². The van der Waals surface area contributed by atoms with E-state index in [4.69, 9.17) is 10.5 Å². The molecule has 0 unspecified atom stereocenters. The monoisotopic (exact) mass is 216 g/mol. The highest BCUT2D eigenvalue weighted by Gasteiger charge is 1.94. The van der Waals surface area contributed by atoms with Crippen molar-refractivity contribution < 1.29 is 4.57 Å². The summed E-state index contributed by atoms with van der Waals surface area (Å²) < 4.78 is 4.07. The van der Waals surface area contributed by atoms with Gasteiger partial charge in [-0.2, -0.15) is 10.5 Å². The first-order valence-corrected chi connectivity index (χ1v) is 4.74. The van der Waals surface area contributed by atoms with Crippen LogP contribution in [0.4, 0.5) is 0 Å². The number of nitrogens with one attached hydrogen (secondary N) is 1. The largest absolute Gasteiger partial charge is 0.244 e. The number of aryl methyl sites for hydroxylation is 1. The molecule has 16 heavy (non-hydrogen) atoms. The number of imidazole rings is 1. The van der Waals surface area contributed by atoms with Crippen molar-refractivity contribution in [3.63, 3.8) is 0 Å². The van der Waals surface area contributed by atoms with Gasteiger partial charge in [0.25, 0.3) is 0 Å². The van der Waals surface area contributed by atoms with Crippen molar-refractivity contribution in [2.75, 3.05) is 0 Å². The Bertz CT molecular complexity index is 423. The lowest BCUT2D eigenvalue weighted by atomic mass is 10.5. The van der Waals surface area contributed by atoms with Gasteiger partial charge in [-0.1, -0.05) is 18.8 Å². The van der Waals surface area contributed by atoms with Gasteiger partial charge in [0.15, 0.2) is 18.9 Å². The van der Waals surface area contributed by atoms with Gasteiger partial charge in [-0.25, -0.2) is 14.5 Å². The smallest absolute Gasteiger partial charge is 0.240 e. The second-order valence-electron chi connectivity index (χ2n) is 2.81. The highest BCUT2D eigenvalue weighted by Crippen LogP contribution is 1.76. The van der Waals surface area contributed by atoms with E-state index in [-0.39, 0.29) is 0 Å². The fourth-order valence-electron chi connectivity index (χ4n) is 0.892. The van der Waals surface area contributed by atoms with Gasteiger partial charge in [-0.05, 0) is 0 Å². The summed E-state index contributed by atoms with van der Waals surface area (Å²) in [6.45, 7) is 2.86. The Hall–Kier alpha value is -2.45. The average molecular weight is 216 g/mol. The van der Waals surface area contributed by atoms with E-state index in [0.717, 1.165) is 13.0 Å². The summed E-state index contributed by atoms with van der Waals surface area (Å²) >= 11 is 0. The molecule has 1 heterocycles. The minimum absolute atomic E-state index is 0.800. The first-order chi connectivity index (χ1) is 7.74. The highest BCUT2D eigenvalue weighted by molar-refractivity contribution is 4.94. The number of nitrogens with zero attached hydrogens (tertiary/aromatic N) is 4. The van der Waals surface area contributed by atoms with Gasteiger partial charge in [0.1, 0.15) is 12.4 Å². The summed E-state index contributed by atoms with van der Waals surface area (Å²) in [6.07, 6.45) is 9.79. The highest BCUT2D eigenvalue weighted by atomic mass is 15.1. The van der Waals surface area contributed by atoms with Crippen molar-refractivity contribution in [1.29, 1.82) is 10.5 Å². The lowest BCUT2D eigenvalue weighted by Crippen LogP contribution is -2.29. The van der Waals surface area contributed by atoms with Crippen molar-refractivity contribution in [2.24, 2.45) is 7.05 Å². The molecule has 0 saturated carbocycles. The molecular formula is C11H14N5+. The SMILES string of the molecule is CCC#CC[n+]1ccn(C)c1.N#CNC#N. The Morgan fingerprint density at radius 1 is 1.31 bits per heavy atom. The number of rotatable bonds is 1. The normalized spacial score (nSPS) is 7.25. The summed E-state index contributed by atoms with van der Waals surface area (Å²) in [4.78, 5) is 0. The predicted octanol–water partition coefficient (Wildman–Crippen LogP) is 0.264. The number of aromatic nitrogens is 2. The van der Waals surface area contributed by atoms with Crippen LogP contribution in [0.25, 0.3) is 0 Å². The molecule has 1 aromatic heterocycles. The molecule has 0 radical (unpaired) electrons. The molecule has 0 aliphatic carbocycles. The van der Waals surface area contributed by atoms with E-state index in [0.29, 0.717) is 0 Å². The minimum atomic E-state index is 0.800. The van der Waals surface area contributed by atoms with E-state index in [2.05, 4.69) is 23.3 Å². The Kier molecular flexibility index (Phi) is 7.72.